The van der Waals surface area contributed by atoms with Gasteiger partial charge in [0.05, 0.1) is 11.9 Å². The Bertz CT molecular complexity index is 1430. The van der Waals surface area contributed by atoms with Crippen LogP contribution in [0.4, 0.5) is 17.2 Å². The Labute approximate surface area is 210 Å². The molecule has 3 heterocycles. The van der Waals surface area contributed by atoms with E-state index in [0.717, 1.165) is 40.6 Å². The molecule has 0 unspecified atom stereocenters. The Morgan fingerprint density at radius 1 is 0.833 bits per heavy atom. The highest BCUT2D eigenvalue weighted by Gasteiger charge is 2.19. The molecule has 5 aromatic rings. The first-order valence-electron chi connectivity index (χ1n) is 12.3. The third-order valence-corrected chi connectivity index (χ3v) is 6.54. The number of imidazole rings is 1. The second kappa shape index (κ2) is 10.2. The van der Waals surface area contributed by atoms with Gasteiger partial charge in [-0.3, -0.25) is 9.80 Å². The number of rotatable bonds is 8. The number of nitrogens with zero attached hydrogens (tertiary/aromatic N) is 6. The van der Waals surface area contributed by atoms with Gasteiger partial charge < -0.3 is 4.74 Å². The SMILES string of the molecule is c1ccc(COc2cccc(N(c3ccc(CN4CCCC4)cc3)c3ncnn4cncc34)c2)cc1. The number of hydrogen-bond donors (Lipinski definition) is 0. The van der Waals surface area contributed by atoms with E-state index in [1.165, 1.54) is 31.5 Å². The zero-order valence-corrected chi connectivity index (χ0v) is 20.1. The molecule has 0 amide bonds. The fourth-order valence-corrected chi connectivity index (χ4v) is 4.71. The third-order valence-electron chi connectivity index (χ3n) is 6.54. The summed E-state index contributed by atoms with van der Waals surface area (Å²) in [5, 5.41) is 4.31. The summed E-state index contributed by atoms with van der Waals surface area (Å²) in [6, 6.07) is 27.1. The fourth-order valence-electron chi connectivity index (χ4n) is 4.71. The van der Waals surface area contributed by atoms with Gasteiger partial charge in [-0.1, -0.05) is 48.5 Å². The van der Waals surface area contributed by atoms with Crippen molar-refractivity contribution in [1.29, 1.82) is 0 Å². The average molecular weight is 477 g/mol. The molecule has 1 aliphatic rings. The summed E-state index contributed by atoms with van der Waals surface area (Å²) in [6.07, 6.45) is 7.64. The Hall–Kier alpha value is -4.23. The lowest BCUT2D eigenvalue weighted by Crippen LogP contribution is -2.18. The van der Waals surface area contributed by atoms with E-state index in [4.69, 9.17) is 4.74 Å². The van der Waals surface area contributed by atoms with E-state index in [1.807, 2.05) is 30.3 Å². The summed E-state index contributed by atoms with van der Waals surface area (Å²) in [5.41, 5.74) is 5.24. The predicted octanol–water partition coefficient (Wildman–Crippen LogP) is 5.77. The molecule has 6 rings (SSSR count). The summed E-state index contributed by atoms with van der Waals surface area (Å²) < 4.78 is 7.88. The van der Waals surface area contributed by atoms with Crippen molar-refractivity contribution < 1.29 is 4.74 Å². The summed E-state index contributed by atoms with van der Waals surface area (Å²) in [4.78, 5) is 13.6. The van der Waals surface area contributed by atoms with Crippen LogP contribution < -0.4 is 9.64 Å². The van der Waals surface area contributed by atoms with Gasteiger partial charge in [0.25, 0.3) is 0 Å². The molecule has 7 nitrogen and oxygen atoms in total. The van der Waals surface area contributed by atoms with Crippen molar-refractivity contribution in [2.24, 2.45) is 0 Å². The summed E-state index contributed by atoms with van der Waals surface area (Å²) >= 11 is 0. The molecule has 0 N–H and O–H groups in total. The van der Waals surface area contributed by atoms with Crippen molar-refractivity contribution in [2.75, 3.05) is 18.0 Å². The van der Waals surface area contributed by atoms with Gasteiger partial charge in [-0.2, -0.15) is 5.10 Å². The first-order valence-corrected chi connectivity index (χ1v) is 12.3. The average Bonchev–Trinajstić information content (AvgIpc) is 3.62. The summed E-state index contributed by atoms with van der Waals surface area (Å²) in [5.74, 6) is 1.56. The van der Waals surface area contributed by atoms with Crippen LogP contribution in [-0.4, -0.2) is 37.6 Å². The number of aromatic nitrogens is 4. The van der Waals surface area contributed by atoms with Crippen molar-refractivity contribution in [3.8, 4) is 5.75 Å². The molecule has 7 heteroatoms. The quantitative estimate of drug-likeness (QED) is 0.283. The molecular formula is C29H28N6O. The molecule has 180 valence electrons. The lowest BCUT2D eigenvalue weighted by atomic mass is 10.1. The molecule has 0 atom stereocenters. The minimum atomic E-state index is 0.510. The van der Waals surface area contributed by atoms with E-state index in [2.05, 4.69) is 73.4 Å². The van der Waals surface area contributed by atoms with Gasteiger partial charge in [-0.25, -0.2) is 14.5 Å². The van der Waals surface area contributed by atoms with Crippen LogP contribution in [0, 0.1) is 0 Å². The molecule has 1 fully saturated rings. The first kappa shape index (κ1) is 22.2. The van der Waals surface area contributed by atoms with Crippen LogP contribution >= 0.6 is 0 Å². The number of ether oxygens (including phenoxy) is 1. The molecule has 3 aromatic carbocycles. The van der Waals surface area contributed by atoms with Crippen LogP contribution in [0.15, 0.2) is 97.7 Å². The van der Waals surface area contributed by atoms with Gasteiger partial charge in [0.15, 0.2) is 5.82 Å². The minimum Gasteiger partial charge on any atom is -0.489 e. The molecule has 2 aromatic heterocycles. The molecule has 0 aliphatic carbocycles. The molecule has 1 saturated heterocycles. The van der Waals surface area contributed by atoms with E-state index < -0.39 is 0 Å². The van der Waals surface area contributed by atoms with Crippen LogP contribution in [0.1, 0.15) is 24.0 Å². The molecular weight excluding hydrogens is 448 g/mol. The number of likely N-dealkylation sites (tertiary alicyclic amines) is 1. The molecule has 0 bridgehead atoms. The fraction of sp³-hybridized carbons (Fsp3) is 0.207. The number of anilines is 3. The third kappa shape index (κ3) is 4.78. The lowest BCUT2D eigenvalue weighted by molar-refractivity contribution is 0.306. The monoisotopic (exact) mass is 476 g/mol. The largest absolute Gasteiger partial charge is 0.489 e. The summed E-state index contributed by atoms with van der Waals surface area (Å²) in [6.45, 7) is 3.87. The van der Waals surface area contributed by atoms with Gasteiger partial charge in [-0.15, -0.1) is 0 Å². The van der Waals surface area contributed by atoms with Gasteiger partial charge >= 0.3 is 0 Å². The van der Waals surface area contributed by atoms with E-state index in [9.17, 15) is 0 Å². The Kier molecular flexibility index (Phi) is 6.29. The normalized spacial score (nSPS) is 13.8. The van der Waals surface area contributed by atoms with Gasteiger partial charge in [0.1, 0.15) is 30.5 Å². The van der Waals surface area contributed by atoms with Crippen LogP contribution in [-0.2, 0) is 13.2 Å². The van der Waals surface area contributed by atoms with Crippen molar-refractivity contribution in [1.82, 2.24) is 24.5 Å². The number of hydrogen-bond acceptors (Lipinski definition) is 6. The topological polar surface area (TPSA) is 58.8 Å². The minimum absolute atomic E-state index is 0.510. The van der Waals surface area contributed by atoms with Crippen molar-refractivity contribution in [2.45, 2.75) is 26.0 Å². The second-order valence-corrected chi connectivity index (χ2v) is 9.06. The Morgan fingerprint density at radius 2 is 1.67 bits per heavy atom. The zero-order valence-electron chi connectivity index (χ0n) is 20.1. The van der Waals surface area contributed by atoms with Gasteiger partial charge in [0.2, 0.25) is 0 Å². The van der Waals surface area contributed by atoms with E-state index in [0.29, 0.717) is 6.61 Å². The van der Waals surface area contributed by atoms with Crippen molar-refractivity contribution in [3.05, 3.63) is 109 Å². The maximum atomic E-state index is 6.14. The zero-order chi connectivity index (χ0) is 24.2. The second-order valence-electron chi connectivity index (χ2n) is 9.06. The highest BCUT2D eigenvalue weighted by atomic mass is 16.5. The van der Waals surface area contributed by atoms with E-state index in [1.54, 1.807) is 23.4 Å². The van der Waals surface area contributed by atoms with Gasteiger partial charge in [-0.05, 0) is 61.3 Å². The van der Waals surface area contributed by atoms with Crippen molar-refractivity contribution in [3.63, 3.8) is 0 Å². The molecule has 0 radical (unpaired) electrons. The van der Waals surface area contributed by atoms with Crippen LogP contribution in [0.2, 0.25) is 0 Å². The highest BCUT2D eigenvalue weighted by Crippen LogP contribution is 2.37. The number of fused-ring (bicyclic) bond motifs is 1. The maximum Gasteiger partial charge on any atom is 0.167 e. The smallest absolute Gasteiger partial charge is 0.167 e. The molecule has 36 heavy (non-hydrogen) atoms. The molecule has 0 saturated carbocycles. The Morgan fingerprint density at radius 3 is 2.50 bits per heavy atom. The van der Waals surface area contributed by atoms with Crippen LogP contribution in [0.3, 0.4) is 0 Å². The predicted molar refractivity (Wildman–Crippen MR) is 141 cm³/mol. The number of benzene rings is 3. The molecule has 0 spiro atoms. The Balaban J connectivity index is 1.34. The maximum absolute atomic E-state index is 6.14. The van der Waals surface area contributed by atoms with Gasteiger partial charge in [0, 0.05) is 18.3 Å². The van der Waals surface area contributed by atoms with E-state index >= 15 is 0 Å². The van der Waals surface area contributed by atoms with Crippen LogP contribution in [0.5, 0.6) is 5.75 Å². The summed E-state index contributed by atoms with van der Waals surface area (Å²) in [7, 11) is 0. The highest BCUT2D eigenvalue weighted by molar-refractivity contribution is 5.83. The lowest BCUT2D eigenvalue weighted by Gasteiger charge is -2.25. The van der Waals surface area contributed by atoms with Crippen LogP contribution in [0.25, 0.3) is 5.52 Å². The first-order chi connectivity index (χ1) is 17.8. The molecule has 1 aliphatic heterocycles. The van der Waals surface area contributed by atoms with Crippen molar-refractivity contribution >= 4 is 22.7 Å². The van der Waals surface area contributed by atoms with E-state index in [-0.39, 0.29) is 0 Å². The standard InChI is InChI=1S/C29H28N6O/c1-2-7-24(8-3-1)20-36-27-10-6-9-26(17-27)35(29-28-18-30-22-34(28)32-21-31-29)25-13-11-23(12-14-25)19-33-15-4-5-16-33/h1-3,6-14,17-18,21-22H,4-5,15-16,19-20H2.